The van der Waals surface area contributed by atoms with Crippen LogP contribution >= 0.6 is 11.3 Å². The lowest BCUT2D eigenvalue weighted by Crippen LogP contribution is -2.05. The van der Waals surface area contributed by atoms with Gasteiger partial charge in [0, 0.05) is 5.38 Å². The van der Waals surface area contributed by atoms with Crippen LogP contribution in [-0.4, -0.2) is 17.6 Å². The van der Waals surface area contributed by atoms with Crippen LogP contribution in [0.5, 0.6) is 5.75 Å². The highest BCUT2D eigenvalue weighted by atomic mass is 32.1. The number of thiazole rings is 1. The molecule has 1 aromatic heterocycles. The summed E-state index contributed by atoms with van der Waals surface area (Å²) in [6.45, 7) is 6.54. The third-order valence-corrected chi connectivity index (χ3v) is 3.42. The van der Waals surface area contributed by atoms with E-state index in [-0.39, 0.29) is 5.97 Å². The summed E-state index contributed by atoms with van der Waals surface area (Å²) >= 11 is 1.39. The summed E-state index contributed by atoms with van der Waals surface area (Å²) in [5, 5.41) is 2.45. The van der Waals surface area contributed by atoms with Gasteiger partial charge < -0.3 is 9.47 Å². The van der Waals surface area contributed by atoms with Crippen LogP contribution in [0.3, 0.4) is 0 Å². The van der Waals surface area contributed by atoms with E-state index in [4.69, 9.17) is 9.47 Å². The molecule has 0 unspecified atom stereocenters. The Morgan fingerprint density at radius 3 is 2.60 bits per heavy atom. The van der Waals surface area contributed by atoms with E-state index < -0.39 is 0 Å². The number of aromatic nitrogens is 1. The number of esters is 1. The van der Waals surface area contributed by atoms with Gasteiger partial charge in [-0.05, 0) is 44.0 Å². The van der Waals surface area contributed by atoms with Gasteiger partial charge in [0.05, 0.1) is 6.61 Å². The van der Waals surface area contributed by atoms with E-state index in [2.05, 4.69) is 11.1 Å². The first-order chi connectivity index (χ1) is 9.58. The molecule has 0 aliphatic heterocycles. The minimum absolute atomic E-state index is 0.343. The summed E-state index contributed by atoms with van der Waals surface area (Å²) in [5.74, 6) is 0.428. The summed E-state index contributed by atoms with van der Waals surface area (Å²) in [6.07, 6.45) is 0. The Kier molecular flexibility index (Phi) is 4.74. The maximum Gasteiger partial charge on any atom is 0.357 e. The van der Waals surface area contributed by atoms with Gasteiger partial charge in [-0.2, -0.15) is 0 Å². The average Bonchev–Trinajstić information content (AvgIpc) is 2.84. The summed E-state index contributed by atoms with van der Waals surface area (Å²) in [6, 6.07) is 6.05. The first-order valence-electron chi connectivity index (χ1n) is 6.41. The molecule has 1 aromatic carbocycles. The molecule has 0 N–H and O–H groups in total. The van der Waals surface area contributed by atoms with Gasteiger partial charge in [0.25, 0.3) is 0 Å². The van der Waals surface area contributed by atoms with Gasteiger partial charge in [-0.1, -0.05) is 6.07 Å². The second kappa shape index (κ2) is 6.52. The molecule has 0 saturated carbocycles. The van der Waals surface area contributed by atoms with Gasteiger partial charge >= 0.3 is 5.97 Å². The minimum atomic E-state index is -0.388. The highest BCUT2D eigenvalue weighted by Crippen LogP contribution is 2.19. The molecule has 1 heterocycles. The second-order valence-corrected chi connectivity index (χ2v) is 5.40. The van der Waals surface area contributed by atoms with Crippen LogP contribution in [0.25, 0.3) is 0 Å². The first-order valence-corrected chi connectivity index (χ1v) is 7.29. The maximum absolute atomic E-state index is 11.5. The van der Waals surface area contributed by atoms with Gasteiger partial charge in [-0.15, -0.1) is 11.3 Å². The predicted molar refractivity (Wildman–Crippen MR) is 78.3 cm³/mol. The minimum Gasteiger partial charge on any atom is -0.486 e. The van der Waals surface area contributed by atoms with Crippen LogP contribution in [0.15, 0.2) is 23.6 Å². The lowest BCUT2D eigenvalue weighted by Gasteiger charge is -2.06. The lowest BCUT2D eigenvalue weighted by atomic mass is 10.1. The van der Waals surface area contributed by atoms with Crippen molar-refractivity contribution in [2.75, 3.05) is 6.61 Å². The van der Waals surface area contributed by atoms with Gasteiger partial charge in [-0.25, -0.2) is 9.78 Å². The average molecular weight is 291 g/mol. The molecule has 0 spiro atoms. The van der Waals surface area contributed by atoms with E-state index in [1.54, 1.807) is 12.3 Å². The molecule has 0 radical (unpaired) electrons. The van der Waals surface area contributed by atoms with Crippen molar-refractivity contribution in [1.29, 1.82) is 0 Å². The summed E-state index contributed by atoms with van der Waals surface area (Å²) in [5.41, 5.74) is 2.66. The smallest absolute Gasteiger partial charge is 0.357 e. The van der Waals surface area contributed by atoms with Crippen molar-refractivity contribution in [2.24, 2.45) is 0 Å². The molecule has 0 amide bonds. The van der Waals surface area contributed by atoms with Crippen molar-refractivity contribution >= 4 is 17.3 Å². The second-order valence-electron chi connectivity index (χ2n) is 4.46. The molecular formula is C15H17NO3S. The fourth-order valence-corrected chi connectivity index (χ4v) is 2.51. The Labute approximate surface area is 122 Å². The monoisotopic (exact) mass is 291 g/mol. The SMILES string of the molecule is CCOC(=O)c1csc(COc2cc(C)cc(C)c2)n1. The number of aryl methyl sites for hydroxylation is 2. The number of ether oxygens (including phenoxy) is 2. The molecule has 0 fully saturated rings. The molecule has 5 heteroatoms. The van der Waals surface area contributed by atoms with Gasteiger partial charge in [0.15, 0.2) is 5.69 Å². The molecule has 106 valence electrons. The predicted octanol–water partition coefficient (Wildman–Crippen LogP) is 3.52. The van der Waals surface area contributed by atoms with Crippen molar-refractivity contribution in [1.82, 2.24) is 4.98 Å². The Balaban J connectivity index is 1.99. The number of hydrogen-bond acceptors (Lipinski definition) is 5. The summed E-state index contributed by atoms with van der Waals surface area (Å²) in [4.78, 5) is 15.7. The number of carbonyl (C=O) groups is 1. The van der Waals surface area contributed by atoms with Crippen LogP contribution in [0.1, 0.15) is 33.5 Å². The highest BCUT2D eigenvalue weighted by Gasteiger charge is 2.11. The van der Waals surface area contributed by atoms with Gasteiger partial charge in [-0.3, -0.25) is 0 Å². The summed E-state index contributed by atoms with van der Waals surface area (Å²) < 4.78 is 10.6. The van der Waals surface area contributed by atoms with Crippen molar-refractivity contribution in [2.45, 2.75) is 27.4 Å². The molecule has 0 bridgehead atoms. The van der Waals surface area contributed by atoms with E-state index in [0.29, 0.717) is 18.9 Å². The molecule has 2 aromatic rings. The van der Waals surface area contributed by atoms with Crippen LogP contribution in [-0.2, 0) is 11.3 Å². The topological polar surface area (TPSA) is 48.4 Å². The van der Waals surface area contributed by atoms with E-state index in [0.717, 1.165) is 21.9 Å². The van der Waals surface area contributed by atoms with Crippen LogP contribution < -0.4 is 4.74 Å². The molecule has 2 rings (SSSR count). The number of carbonyl (C=O) groups excluding carboxylic acids is 1. The van der Waals surface area contributed by atoms with Crippen molar-refractivity contribution in [3.8, 4) is 5.75 Å². The Bertz CT molecular complexity index is 587. The third kappa shape index (κ3) is 3.81. The number of benzene rings is 1. The van der Waals surface area contributed by atoms with Crippen LogP contribution in [0.2, 0.25) is 0 Å². The fraction of sp³-hybridized carbons (Fsp3) is 0.333. The standard InChI is InChI=1S/C15H17NO3S/c1-4-18-15(17)13-9-20-14(16-13)8-19-12-6-10(2)5-11(3)7-12/h5-7,9H,4,8H2,1-3H3. The summed E-state index contributed by atoms with van der Waals surface area (Å²) in [7, 11) is 0. The molecule has 0 aliphatic carbocycles. The van der Waals surface area contributed by atoms with Crippen LogP contribution in [0, 0.1) is 13.8 Å². The highest BCUT2D eigenvalue weighted by molar-refractivity contribution is 7.09. The Morgan fingerprint density at radius 2 is 1.95 bits per heavy atom. The van der Waals surface area contributed by atoms with Crippen molar-refractivity contribution in [3.05, 3.63) is 45.4 Å². The molecule has 0 saturated heterocycles. The van der Waals surface area contributed by atoms with E-state index in [9.17, 15) is 4.79 Å². The Hall–Kier alpha value is -1.88. The van der Waals surface area contributed by atoms with Crippen molar-refractivity contribution < 1.29 is 14.3 Å². The van der Waals surface area contributed by atoms with Gasteiger partial charge in [0.1, 0.15) is 17.4 Å². The Morgan fingerprint density at radius 1 is 1.25 bits per heavy atom. The van der Waals surface area contributed by atoms with Crippen molar-refractivity contribution in [3.63, 3.8) is 0 Å². The largest absolute Gasteiger partial charge is 0.486 e. The lowest BCUT2D eigenvalue weighted by molar-refractivity contribution is 0.0520. The van der Waals surface area contributed by atoms with Gasteiger partial charge in [0.2, 0.25) is 0 Å². The first kappa shape index (κ1) is 14.5. The zero-order valence-corrected chi connectivity index (χ0v) is 12.6. The van der Waals surface area contributed by atoms with Crippen LogP contribution in [0.4, 0.5) is 0 Å². The fourth-order valence-electron chi connectivity index (χ4n) is 1.84. The molecule has 20 heavy (non-hydrogen) atoms. The normalized spacial score (nSPS) is 10.3. The zero-order chi connectivity index (χ0) is 14.5. The number of rotatable bonds is 5. The van der Waals surface area contributed by atoms with E-state index in [1.807, 2.05) is 26.0 Å². The molecule has 0 aliphatic rings. The maximum atomic E-state index is 11.5. The molecule has 0 atom stereocenters. The van der Waals surface area contributed by atoms with E-state index >= 15 is 0 Å². The number of hydrogen-bond donors (Lipinski definition) is 0. The van der Waals surface area contributed by atoms with E-state index in [1.165, 1.54) is 11.3 Å². The zero-order valence-electron chi connectivity index (χ0n) is 11.8. The third-order valence-electron chi connectivity index (χ3n) is 2.59. The molecular weight excluding hydrogens is 274 g/mol. The molecule has 4 nitrogen and oxygen atoms in total. The number of nitrogens with zero attached hydrogens (tertiary/aromatic N) is 1. The quantitative estimate of drug-likeness (QED) is 0.791.